The molecule has 0 N–H and O–H groups in total. The van der Waals surface area contributed by atoms with Gasteiger partial charge in [-0.25, -0.2) is 8.42 Å². The molecule has 0 spiro atoms. The van der Waals surface area contributed by atoms with Gasteiger partial charge in [-0.3, -0.25) is 0 Å². The monoisotopic (exact) mass is 267 g/mol. The number of hydrogen-bond donors (Lipinski definition) is 0. The van der Waals surface area contributed by atoms with Crippen LogP contribution in [0.5, 0.6) is 0 Å². The van der Waals surface area contributed by atoms with Gasteiger partial charge in [0.25, 0.3) is 0 Å². The summed E-state index contributed by atoms with van der Waals surface area (Å²) < 4.78 is 29.3. The topological polar surface area (TPSA) is 46.6 Å². The van der Waals surface area contributed by atoms with Crippen LogP contribution in [-0.2, 0) is 14.6 Å². The standard InChI is InChI=1S/C13H17NO3S/c1-12-2-4-13(5-3-12)18(15,16)11-8-14-6-9-17-10-7-14/h2-5,8,11H,6-7,9-10H2,1H3/b11-8+. The number of benzene rings is 1. The molecule has 0 aliphatic carbocycles. The van der Waals surface area contributed by atoms with Crippen molar-refractivity contribution in [2.45, 2.75) is 11.8 Å². The van der Waals surface area contributed by atoms with E-state index in [0.717, 1.165) is 18.7 Å². The molecule has 0 saturated carbocycles. The average Bonchev–Trinajstić information content (AvgIpc) is 2.38. The number of nitrogens with zero attached hydrogens (tertiary/aromatic N) is 1. The van der Waals surface area contributed by atoms with Gasteiger partial charge < -0.3 is 9.64 Å². The van der Waals surface area contributed by atoms with E-state index in [1.807, 2.05) is 11.8 Å². The molecule has 0 unspecified atom stereocenters. The second-order valence-corrected chi connectivity index (χ2v) is 6.13. The van der Waals surface area contributed by atoms with Crippen LogP contribution in [0, 0.1) is 6.92 Å². The third-order valence-corrected chi connectivity index (χ3v) is 4.26. The summed E-state index contributed by atoms with van der Waals surface area (Å²) in [5, 5.41) is 1.27. The summed E-state index contributed by atoms with van der Waals surface area (Å²) >= 11 is 0. The zero-order chi connectivity index (χ0) is 13.0. The molecule has 5 heteroatoms. The van der Waals surface area contributed by atoms with Crippen molar-refractivity contribution in [3.8, 4) is 0 Å². The Labute approximate surface area is 108 Å². The minimum atomic E-state index is -3.34. The van der Waals surface area contributed by atoms with Crippen LogP contribution in [0.25, 0.3) is 0 Å². The number of ether oxygens (including phenoxy) is 1. The molecule has 1 heterocycles. The van der Waals surface area contributed by atoms with Crippen LogP contribution in [0.3, 0.4) is 0 Å². The van der Waals surface area contributed by atoms with Crippen LogP contribution < -0.4 is 0 Å². The number of hydrogen-bond acceptors (Lipinski definition) is 4. The van der Waals surface area contributed by atoms with Gasteiger partial charge >= 0.3 is 0 Å². The molecular weight excluding hydrogens is 250 g/mol. The minimum Gasteiger partial charge on any atom is -0.378 e. The number of morpholine rings is 1. The predicted molar refractivity (Wildman–Crippen MR) is 69.9 cm³/mol. The van der Waals surface area contributed by atoms with Crippen molar-refractivity contribution in [1.82, 2.24) is 4.90 Å². The van der Waals surface area contributed by atoms with Crippen LogP contribution in [0.2, 0.25) is 0 Å². The lowest BCUT2D eigenvalue weighted by Gasteiger charge is -2.24. The number of aryl methyl sites for hydroxylation is 1. The summed E-state index contributed by atoms with van der Waals surface area (Å²) in [5.74, 6) is 0. The summed E-state index contributed by atoms with van der Waals surface area (Å²) in [5.41, 5.74) is 1.05. The fourth-order valence-corrected chi connectivity index (χ4v) is 2.70. The van der Waals surface area contributed by atoms with E-state index >= 15 is 0 Å². The molecule has 1 aliphatic heterocycles. The molecule has 0 bridgehead atoms. The predicted octanol–water partition coefficient (Wildman–Crippen LogP) is 1.57. The van der Waals surface area contributed by atoms with Crippen molar-refractivity contribution in [2.24, 2.45) is 0 Å². The van der Waals surface area contributed by atoms with Gasteiger partial charge in [0.05, 0.1) is 23.5 Å². The van der Waals surface area contributed by atoms with Crippen LogP contribution in [-0.4, -0.2) is 39.6 Å². The van der Waals surface area contributed by atoms with Gasteiger partial charge in [-0.1, -0.05) is 17.7 Å². The summed E-state index contributed by atoms with van der Waals surface area (Å²) in [4.78, 5) is 2.28. The highest BCUT2D eigenvalue weighted by molar-refractivity contribution is 7.94. The lowest BCUT2D eigenvalue weighted by Crippen LogP contribution is -2.32. The number of sulfone groups is 1. The SMILES string of the molecule is Cc1ccc(S(=O)(=O)/C=C/N2CCOCC2)cc1. The summed E-state index contributed by atoms with van der Waals surface area (Å²) in [6.45, 7) is 4.70. The second-order valence-electron chi connectivity index (χ2n) is 4.29. The first-order chi connectivity index (χ1) is 8.58. The summed E-state index contributed by atoms with van der Waals surface area (Å²) in [7, 11) is -3.34. The normalized spacial score (nSPS) is 17.3. The van der Waals surface area contributed by atoms with Crippen molar-refractivity contribution in [3.05, 3.63) is 41.4 Å². The van der Waals surface area contributed by atoms with Gasteiger partial charge in [-0.2, -0.15) is 0 Å². The molecule has 18 heavy (non-hydrogen) atoms. The largest absolute Gasteiger partial charge is 0.378 e. The summed E-state index contributed by atoms with van der Waals surface area (Å²) in [6.07, 6.45) is 1.64. The Morgan fingerprint density at radius 2 is 1.78 bits per heavy atom. The highest BCUT2D eigenvalue weighted by Gasteiger charge is 2.11. The van der Waals surface area contributed by atoms with Crippen molar-refractivity contribution in [2.75, 3.05) is 26.3 Å². The molecule has 98 valence electrons. The Morgan fingerprint density at radius 1 is 1.17 bits per heavy atom. The lowest BCUT2D eigenvalue weighted by atomic mass is 10.2. The van der Waals surface area contributed by atoms with E-state index in [4.69, 9.17) is 4.74 Å². The Balaban J connectivity index is 2.11. The molecule has 1 saturated heterocycles. The highest BCUT2D eigenvalue weighted by atomic mass is 32.2. The maximum atomic E-state index is 12.0. The van der Waals surface area contributed by atoms with Crippen molar-refractivity contribution in [1.29, 1.82) is 0 Å². The molecule has 0 aromatic heterocycles. The van der Waals surface area contributed by atoms with Gasteiger partial charge in [0.15, 0.2) is 0 Å². The number of rotatable bonds is 3. The molecule has 1 fully saturated rings. The van der Waals surface area contributed by atoms with E-state index in [-0.39, 0.29) is 0 Å². The van der Waals surface area contributed by atoms with E-state index in [2.05, 4.69) is 0 Å². The third-order valence-electron chi connectivity index (χ3n) is 2.85. The molecule has 0 atom stereocenters. The molecule has 1 aliphatic rings. The molecular formula is C13H17NO3S. The average molecular weight is 267 g/mol. The van der Waals surface area contributed by atoms with E-state index in [9.17, 15) is 8.42 Å². The molecule has 0 radical (unpaired) electrons. The van der Waals surface area contributed by atoms with Crippen LogP contribution in [0.15, 0.2) is 40.8 Å². The Kier molecular flexibility index (Phi) is 4.04. The molecule has 1 aromatic rings. The van der Waals surface area contributed by atoms with E-state index in [1.54, 1.807) is 30.5 Å². The Morgan fingerprint density at radius 3 is 2.39 bits per heavy atom. The zero-order valence-electron chi connectivity index (χ0n) is 10.4. The Hall–Kier alpha value is -1.33. The first-order valence-electron chi connectivity index (χ1n) is 5.90. The summed E-state index contributed by atoms with van der Waals surface area (Å²) in [6, 6.07) is 6.87. The molecule has 0 amide bonds. The van der Waals surface area contributed by atoms with Gasteiger partial charge in [0.1, 0.15) is 0 Å². The second kappa shape index (κ2) is 5.54. The molecule has 4 nitrogen and oxygen atoms in total. The molecule has 1 aromatic carbocycles. The maximum absolute atomic E-state index is 12.0. The van der Waals surface area contributed by atoms with E-state index in [0.29, 0.717) is 18.1 Å². The fraction of sp³-hybridized carbons (Fsp3) is 0.385. The van der Waals surface area contributed by atoms with Gasteiger partial charge in [0, 0.05) is 19.3 Å². The van der Waals surface area contributed by atoms with Gasteiger partial charge in [-0.05, 0) is 19.1 Å². The van der Waals surface area contributed by atoms with Crippen LogP contribution in [0.4, 0.5) is 0 Å². The first kappa shape index (κ1) is 13.1. The minimum absolute atomic E-state index is 0.331. The maximum Gasteiger partial charge on any atom is 0.201 e. The van der Waals surface area contributed by atoms with E-state index < -0.39 is 9.84 Å². The first-order valence-corrected chi connectivity index (χ1v) is 7.44. The van der Waals surface area contributed by atoms with Crippen molar-refractivity contribution < 1.29 is 13.2 Å². The quantitative estimate of drug-likeness (QED) is 0.834. The van der Waals surface area contributed by atoms with E-state index in [1.165, 1.54) is 5.41 Å². The Bertz CT molecular complexity index is 514. The zero-order valence-corrected chi connectivity index (χ0v) is 11.2. The lowest BCUT2D eigenvalue weighted by molar-refractivity contribution is 0.0595. The highest BCUT2D eigenvalue weighted by Crippen LogP contribution is 2.13. The molecule has 2 rings (SSSR count). The fourth-order valence-electron chi connectivity index (χ4n) is 1.70. The van der Waals surface area contributed by atoms with Crippen molar-refractivity contribution >= 4 is 9.84 Å². The van der Waals surface area contributed by atoms with Crippen LogP contribution >= 0.6 is 0 Å². The van der Waals surface area contributed by atoms with Gasteiger partial charge in [-0.15, -0.1) is 0 Å². The third kappa shape index (κ3) is 3.34. The van der Waals surface area contributed by atoms with Gasteiger partial charge in [0.2, 0.25) is 9.84 Å². The smallest absolute Gasteiger partial charge is 0.201 e. The van der Waals surface area contributed by atoms with Crippen molar-refractivity contribution in [3.63, 3.8) is 0 Å². The van der Waals surface area contributed by atoms with Crippen LogP contribution in [0.1, 0.15) is 5.56 Å².